The van der Waals surface area contributed by atoms with E-state index in [2.05, 4.69) is 10.3 Å². The van der Waals surface area contributed by atoms with Gasteiger partial charge in [-0.25, -0.2) is 4.79 Å². The lowest BCUT2D eigenvalue weighted by atomic mass is 10.1. The molecule has 0 aliphatic rings. The Labute approximate surface area is 112 Å². The fourth-order valence-corrected chi connectivity index (χ4v) is 1.39. The minimum Gasteiger partial charge on any atom is -0.444 e. The summed E-state index contributed by atoms with van der Waals surface area (Å²) >= 11 is 0. The lowest BCUT2D eigenvalue weighted by Gasteiger charge is -2.19. The highest BCUT2D eigenvalue weighted by molar-refractivity contribution is 5.84. The van der Waals surface area contributed by atoms with Gasteiger partial charge in [-0.05, 0) is 32.9 Å². The van der Waals surface area contributed by atoms with Crippen LogP contribution in [0.1, 0.15) is 32.4 Å². The SMILES string of the molecule is CC(C)(C)OC(=O)Nc1ccc(C(CO)CO)nc1. The van der Waals surface area contributed by atoms with Crippen molar-refractivity contribution in [2.75, 3.05) is 18.5 Å². The molecular formula is C13H20N2O4. The Morgan fingerprint density at radius 2 is 2.00 bits per heavy atom. The molecular weight excluding hydrogens is 248 g/mol. The predicted molar refractivity (Wildman–Crippen MR) is 71.0 cm³/mol. The number of aliphatic hydroxyl groups is 2. The number of carbonyl (C=O) groups is 1. The molecule has 0 bridgehead atoms. The average molecular weight is 268 g/mol. The van der Waals surface area contributed by atoms with E-state index in [1.807, 2.05) is 0 Å². The van der Waals surface area contributed by atoms with E-state index in [9.17, 15) is 4.79 Å². The van der Waals surface area contributed by atoms with E-state index in [0.29, 0.717) is 11.4 Å². The van der Waals surface area contributed by atoms with E-state index in [-0.39, 0.29) is 13.2 Å². The molecule has 1 amide bonds. The first-order chi connectivity index (χ1) is 8.85. The van der Waals surface area contributed by atoms with Crippen LogP contribution in [0.4, 0.5) is 10.5 Å². The van der Waals surface area contributed by atoms with Crippen LogP contribution >= 0.6 is 0 Å². The maximum absolute atomic E-state index is 11.5. The van der Waals surface area contributed by atoms with Gasteiger partial charge in [-0.1, -0.05) is 0 Å². The van der Waals surface area contributed by atoms with Gasteiger partial charge in [0.25, 0.3) is 0 Å². The van der Waals surface area contributed by atoms with Crippen LogP contribution in [-0.4, -0.2) is 40.1 Å². The van der Waals surface area contributed by atoms with Gasteiger partial charge in [0.2, 0.25) is 0 Å². The normalized spacial score (nSPS) is 11.5. The molecule has 106 valence electrons. The van der Waals surface area contributed by atoms with Crippen molar-refractivity contribution in [1.29, 1.82) is 0 Å². The first-order valence-electron chi connectivity index (χ1n) is 6.03. The fourth-order valence-electron chi connectivity index (χ4n) is 1.39. The highest BCUT2D eigenvalue weighted by Gasteiger charge is 2.16. The molecule has 0 unspecified atom stereocenters. The molecule has 0 spiro atoms. The third-order valence-electron chi connectivity index (χ3n) is 2.29. The van der Waals surface area contributed by atoms with Crippen LogP contribution < -0.4 is 5.32 Å². The van der Waals surface area contributed by atoms with Crippen LogP contribution in [0.5, 0.6) is 0 Å². The minimum atomic E-state index is -0.559. The second-order valence-corrected chi connectivity index (χ2v) is 5.16. The van der Waals surface area contributed by atoms with Crippen molar-refractivity contribution in [1.82, 2.24) is 4.98 Å². The molecule has 1 heterocycles. The molecule has 1 rings (SSSR count). The predicted octanol–water partition coefficient (Wildman–Crippen LogP) is 1.50. The highest BCUT2D eigenvalue weighted by Crippen LogP contribution is 2.15. The third-order valence-corrected chi connectivity index (χ3v) is 2.29. The molecule has 0 radical (unpaired) electrons. The van der Waals surface area contributed by atoms with E-state index in [1.54, 1.807) is 32.9 Å². The van der Waals surface area contributed by atoms with Gasteiger partial charge in [0.15, 0.2) is 0 Å². The maximum Gasteiger partial charge on any atom is 0.412 e. The van der Waals surface area contributed by atoms with Crippen LogP contribution in [-0.2, 0) is 4.74 Å². The zero-order valence-electron chi connectivity index (χ0n) is 11.4. The van der Waals surface area contributed by atoms with Crippen molar-refractivity contribution in [3.05, 3.63) is 24.0 Å². The number of amides is 1. The highest BCUT2D eigenvalue weighted by atomic mass is 16.6. The Balaban J connectivity index is 2.64. The third kappa shape index (κ3) is 5.23. The summed E-state index contributed by atoms with van der Waals surface area (Å²) in [5.41, 5.74) is 0.503. The molecule has 0 aliphatic heterocycles. The zero-order chi connectivity index (χ0) is 14.5. The van der Waals surface area contributed by atoms with Crippen LogP contribution in [0.3, 0.4) is 0 Å². The van der Waals surface area contributed by atoms with Crippen LogP contribution in [0.2, 0.25) is 0 Å². The van der Waals surface area contributed by atoms with Crippen molar-refractivity contribution in [3.8, 4) is 0 Å². The van der Waals surface area contributed by atoms with Crippen LogP contribution in [0, 0.1) is 0 Å². The van der Waals surface area contributed by atoms with Crippen LogP contribution in [0.15, 0.2) is 18.3 Å². The molecule has 1 aromatic rings. The largest absolute Gasteiger partial charge is 0.444 e. The first-order valence-corrected chi connectivity index (χ1v) is 6.03. The van der Waals surface area contributed by atoms with Gasteiger partial charge in [0, 0.05) is 11.6 Å². The average Bonchev–Trinajstić information content (AvgIpc) is 2.30. The molecule has 0 aliphatic carbocycles. The molecule has 6 heteroatoms. The number of pyridine rings is 1. The summed E-state index contributed by atoms with van der Waals surface area (Å²) in [6.45, 7) is 4.98. The number of aromatic nitrogens is 1. The summed E-state index contributed by atoms with van der Waals surface area (Å²) in [7, 11) is 0. The van der Waals surface area contributed by atoms with Gasteiger partial charge in [-0.15, -0.1) is 0 Å². The molecule has 0 saturated carbocycles. The molecule has 0 saturated heterocycles. The van der Waals surface area contributed by atoms with Gasteiger partial charge in [-0.2, -0.15) is 0 Å². The second kappa shape index (κ2) is 6.49. The lowest BCUT2D eigenvalue weighted by Crippen LogP contribution is -2.27. The number of hydrogen-bond donors (Lipinski definition) is 3. The van der Waals surface area contributed by atoms with E-state index in [1.165, 1.54) is 6.20 Å². The topological polar surface area (TPSA) is 91.7 Å². The van der Waals surface area contributed by atoms with Gasteiger partial charge < -0.3 is 14.9 Å². The Hall–Kier alpha value is -1.66. The molecule has 0 atom stereocenters. The summed E-state index contributed by atoms with van der Waals surface area (Å²) in [6, 6.07) is 3.29. The number of nitrogens with zero attached hydrogens (tertiary/aromatic N) is 1. The Kier molecular flexibility index (Phi) is 5.26. The summed E-state index contributed by atoms with van der Waals surface area (Å²) in [6.07, 6.45) is 0.903. The summed E-state index contributed by atoms with van der Waals surface area (Å²) in [4.78, 5) is 15.6. The molecule has 0 fully saturated rings. The van der Waals surface area contributed by atoms with Crippen molar-refractivity contribution < 1.29 is 19.7 Å². The van der Waals surface area contributed by atoms with E-state index < -0.39 is 17.6 Å². The number of anilines is 1. The molecule has 1 aromatic heterocycles. The number of carbonyl (C=O) groups excluding carboxylic acids is 1. The zero-order valence-corrected chi connectivity index (χ0v) is 11.4. The number of ether oxygens (including phenoxy) is 1. The van der Waals surface area contributed by atoms with Gasteiger partial charge in [-0.3, -0.25) is 10.3 Å². The summed E-state index contributed by atoms with van der Waals surface area (Å²) in [5, 5.41) is 20.6. The lowest BCUT2D eigenvalue weighted by molar-refractivity contribution is 0.0636. The van der Waals surface area contributed by atoms with Crippen molar-refractivity contribution in [2.45, 2.75) is 32.3 Å². The quantitative estimate of drug-likeness (QED) is 0.769. The van der Waals surface area contributed by atoms with Crippen molar-refractivity contribution in [2.24, 2.45) is 0 Å². The van der Waals surface area contributed by atoms with Gasteiger partial charge in [0.05, 0.1) is 25.1 Å². The maximum atomic E-state index is 11.5. The van der Waals surface area contributed by atoms with Gasteiger partial charge in [0.1, 0.15) is 5.60 Å². The fraction of sp³-hybridized carbons (Fsp3) is 0.538. The Morgan fingerprint density at radius 3 is 2.42 bits per heavy atom. The smallest absolute Gasteiger partial charge is 0.412 e. The number of aliphatic hydroxyl groups excluding tert-OH is 2. The summed E-state index contributed by atoms with van der Waals surface area (Å²) in [5.74, 6) is -0.407. The van der Waals surface area contributed by atoms with Gasteiger partial charge >= 0.3 is 6.09 Å². The Morgan fingerprint density at radius 1 is 1.37 bits per heavy atom. The Bertz CT molecular complexity index is 408. The first kappa shape index (κ1) is 15.4. The number of rotatable bonds is 4. The number of hydrogen-bond acceptors (Lipinski definition) is 5. The van der Waals surface area contributed by atoms with Crippen LogP contribution in [0.25, 0.3) is 0 Å². The molecule has 6 nitrogen and oxygen atoms in total. The van der Waals surface area contributed by atoms with E-state index >= 15 is 0 Å². The van der Waals surface area contributed by atoms with E-state index in [4.69, 9.17) is 14.9 Å². The second-order valence-electron chi connectivity index (χ2n) is 5.16. The molecule has 0 aromatic carbocycles. The summed E-state index contributed by atoms with van der Waals surface area (Å²) < 4.78 is 5.10. The monoisotopic (exact) mass is 268 g/mol. The molecule has 3 N–H and O–H groups in total. The van der Waals surface area contributed by atoms with Crippen molar-refractivity contribution >= 4 is 11.8 Å². The minimum absolute atomic E-state index is 0.178. The standard InChI is InChI=1S/C13H20N2O4/c1-13(2,3)19-12(18)15-10-4-5-11(14-6-10)9(7-16)8-17/h4-6,9,16-17H,7-8H2,1-3H3,(H,15,18). The molecule has 19 heavy (non-hydrogen) atoms. The van der Waals surface area contributed by atoms with Crippen molar-refractivity contribution in [3.63, 3.8) is 0 Å². The number of nitrogens with one attached hydrogen (secondary N) is 1. The van der Waals surface area contributed by atoms with E-state index in [0.717, 1.165) is 0 Å².